The summed E-state index contributed by atoms with van der Waals surface area (Å²) in [7, 11) is 0. The Hall–Kier alpha value is -1.76. The van der Waals surface area contributed by atoms with Crippen LogP contribution in [0.2, 0.25) is 0 Å². The number of hydrogen-bond acceptors (Lipinski definition) is 6. The second kappa shape index (κ2) is 7.12. The topological polar surface area (TPSA) is 93.1 Å². The van der Waals surface area contributed by atoms with Crippen molar-refractivity contribution in [1.29, 1.82) is 0 Å². The van der Waals surface area contributed by atoms with Crippen molar-refractivity contribution in [2.45, 2.75) is 83.7 Å². The lowest BCUT2D eigenvalue weighted by Gasteiger charge is -2.52. The summed E-state index contributed by atoms with van der Waals surface area (Å²) in [5.74, 6) is -1.95. The number of fused-ring (bicyclic) bond motifs is 2. The van der Waals surface area contributed by atoms with E-state index in [1.165, 1.54) is 6.08 Å². The van der Waals surface area contributed by atoms with Gasteiger partial charge in [-0.1, -0.05) is 25.5 Å². The van der Waals surface area contributed by atoms with Crippen LogP contribution in [0.1, 0.15) is 60.8 Å². The summed E-state index contributed by atoms with van der Waals surface area (Å²) in [6.45, 7) is 11.4. The van der Waals surface area contributed by atoms with Crippen LogP contribution in [0, 0.1) is 23.7 Å². The Morgan fingerprint density at radius 3 is 2.48 bits per heavy atom. The molecule has 0 amide bonds. The number of Topliss-reactive ketones (excluding diaryl/α,β-unsaturated/α-hetero) is 1. The van der Waals surface area contributed by atoms with Crippen LogP contribution in [0.3, 0.4) is 0 Å². The predicted molar refractivity (Wildman–Crippen MR) is 115 cm³/mol. The van der Waals surface area contributed by atoms with Crippen LogP contribution < -0.4 is 0 Å². The number of rotatable bonds is 3. The normalized spacial score (nSPS) is 47.8. The van der Waals surface area contributed by atoms with Crippen molar-refractivity contribution in [3.8, 4) is 0 Å². The van der Waals surface area contributed by atoms with Gasteiger partial charge in [0, 0.05) is 12.0 Å². The molecule has 0 aromatic carbocycles. The number of carbonyl (C=O) groups is 2. The average molecular weight is 431 g/mol. The van der Waals surface area contributed by atoms with Gasteiger partial charge >= 0.3 is 5.97 Å². The van der Waals surface area contributed by atoms with Gasteiger partial charge in [0.1, 0.15) is 23.1 Å². The first-order valence-corrected chi connectivity index (χ1v) is 11.3. The maximum absolute atomic E-state index is 13.9. The van der Waals surface area contributed by atoms with E-state index in [0.717, 1.165) is 12.0 Å². The summed E-state index contributed by atoms with van der Waals surface area (Å²) >= 11 is 0. The zero-order chi connectivity index (χ0) is 22.9. The molecule has 2 aliphatic carbocycles. The number of aliphatic hydroxyl groups is 2. The van der Waals surface area contributed by atoms with Crippen LogP contribution in [0.25, 0.3) is 0 Å². The monoisotopic (exact) mass is 430 g/mol. The largest absolute Gasteiger partial charge is 0.423 e. The second-order valence-electron chi connectivity index (χ2n) is 10.5. The number of hydrogen-bond donors (Lipinski definition) is 2. The van der Waals surface area contributed by atoms with Gasteiger partial charge in [0.25, 0.3) is 0 Å². The standard InChI is InChI=1S/C25H34O6/c1-13(2)11-19-25(29)16(5)17-8-7-15(4)24(17,28)22(27)21(25)23(6,31-19)10-9-18-14(3)12-20(26)30-18/h9,11-12,15-17,19,21,28-29H,7-8,10H2,1-6H3/b18-9-/t15-,16-,17-,19+,21-,23-,24+,25-/m1/s1. The number of carbonyl (C=O) groups excluding carboxylic acids is 2. The molecular weight excluding hydrogens is 396 g/mol. The van der Waals surface area contributed by atoms with E-state index in [1.54, 1.807) is 13.0 Å². The lowest BCUT2D eigenvalue weighted by Crippen LogP contribution is -2.69. The molecule has 2 N–H and O–H groups in total. The van der Waals surface area contributed by atoms with Gasteiger partial charge in [0.05, 0.1) is 11.5 Å². The highest BCUT2D eigenvalue weighted by atomic mass is 16.5. The van der Waals surface area contributed by atoms with Gasteiger partial charge in [-0.15, -0.1) is 0 Å². The third kappa shape index (κ3) is 3.02. The maximum Gasteiger partial charge on any atom is 0.336 e. The van der Waals surface area contributed by atoms with Crippen molar-refractivity contribution in [3.63, 3.8) is 0 Å². The van der Waals surface area contributed by atoms with Crippen LogP contribution >= 0.6 is 0 Å². The molecule has 6 heteroatoms. The van der Waals surface area contributed by atoms with Gasteiger partial charge in [-0.25, -0.2) is 4.79 Å². The highest BCUT2D eigenvalue weighted by molar-refractivity contribution is 5.94. The van der Waals surface area contributed by atoms with Crippen LogP contribution in [0.5, 0.6) is 0 Å². The molecule has 170 valence electrons. The Bertz CT molecular complexity index is 911. The highest BCUT2D eigenvalue weighted by Gasteiger charge is 2.75. The van der Waals surface area contributed by atoms with E-state index in [-0.39, 0.29) is 30.0 Å². The summed E-state index contributed by atoms with van der Waals surface area (Å²) in [4.78, 5) is 25.5. The van der Waals surface area contributed by atoms with E-state index in [1.807, 2.05) is 40.7 Å². The van der Waals surface area contributed by atoms with Gasteiger partial charge in [0.2, 0.25) is 0 Å². The van der Waals surface area contributed by atoms with Crippen molar-refractivity contribution >= 4 is 11.8 Å². The van der Waals surface area contributed by atoms with Gasteiger partial charge in [-0.3, -0.25) is 4.79 Å². The Morgan fingerprint density at radius 1 is 1.23 bits per heavy atom. The minimum atomic E-state index is -1.45. The van der Waals surface area contributed by atoms with E-state index >= 15 is 0 Å². The third-order valence-electron chi connectivity index (χ3n) is 8.25. The molecule has 3 fully saturated rings. The molecule has 0 bridgehead atoms. The second-order valence-corrected chi connectivity index (χ2v) is 10.5. The first-order chi connectivity index (χ1) is 14.4. The zero-order valence-corrected chi connectivity index (χ0v) is 19.3. The molecule has 8 atom stereocenters. The molecule has 2 saturated carbocycles. The molecule has 0 radical (unpaired) electrons. The molecule has 31 heavy (non-hydrogen) atoms. The molecular formula is C25H34O6. The summed E-state index contributed by atoms with van der Waals surface area (Å²) in [6.07, 6.45) is 6.15. The first-order valence-electron chi connectivity index (χ1n) is 11.3. The molecule has 1 saturated heterocycles. The van der Waals surface area contributed by atoms with Crippen LogP contribution in [0.15, 0.2) is 35.1 Å². The molecule has 4 aliphatic rings. The van der Waals surface area contributed by atoms with E-state index in [9.17, 15) is 19.8 Å². The Kier molecular flexibility index (Phi) is 5.15. The molecule has 4 rings (SSSR count). The molecule has 0 spiro atoms. The molecule has 2 heterocycles. The van der Waals surface area contributed by atoms with E-state index in [4.69, 9.17) is 9.47 Å². The highest BCUT2D eigenvalue weighted by Crippen LogP contribution is 2.62. The molecule has 2 aliphatic heterocycles. The van der Waals surface area contributed by atoms with Gasteiger partial charge in [-0.05, 0) is 70.4 Å². The number of ether oxygens (including phenoxy) is 2. The Morgan fingerprint density at radius 2 is 1.90 bits per heavy atom. The van der Waals surface area contributed by atoms with Gasteiger partial charge in [-0.2, -0.15) is 0 Å². The molecule has 6 nitrogen and oxygen atoms in total. The van der Waals surface area contributed by atoms with Crippen molar-refractivity contribution in [2.24, 2.45) is 23.7 Å². The maximum atomic E-state index is 13.9. The fourth-order valence-corrected chi connectivity index (χ4v) is 6.56. The minimum Gasteiger partial charge on any atom is -0.423 e. The van der Waals surface area contributed by atoms with Crippen LogP contribution in [0.4, 0.5) is 0 Å². The molecule has 0 aromatic heterocycles. The summed E-state index contributed by atoms with van der Waals surface area (Å²) in [5.41, 5.74) is -2.22. The Labute approximate surface area is 184 Å². The van der Waals surface area contributed by atoms with Crippen LogP contribution in [-0.4, -0.2) is 44.9 Å². The smallest absolute Gasteiger partial charge is 0.336 e. The van der Waals surface area contributed by atoms with Crippen molar-refractivity contribution in [1.82, 2.24) is 0 Å². The zero-order valence-electron chi connectivity index (χ0n) is 19.3. The number of cyclic esters (lactones) is 1. The average Bonchev–Trinajstić information content (AvgIpc) is 3.23. The first kappa shape index (κ1) is 22.4. The lowest BCUT2D eigenvalue weighted by molar-refractivity contribution is -0.193. The van der Waals surface area contributed by atoms with Crippen molar-refractivity contribution in [3.05, 3.63) is 35.1 Å². The number of ketones is 1. The van der Waals surface area contributed by atoms with E-state index < -0.39 is 34.8 Å². The number of esters is 1. The summed E-state index contributed by atoms with van der Waals surface area (Å²) in [5, 5.41) is 23.7. The van der Waals surface area contributed by atoms with E-state index in [0.29, 0.717) is 17.8 Å². The predicted octanol–water partition coefficient (Wildman–Crippen LogP) is 3.23. The molecule has 0 aromatic rings. The van der Waals surface area contributed by atoms with Crippen molar-refractivity contribution < 1.29 is 29.3 Å². The fraction of sp³-hybridized carbons (Fsp3) is 0.680. The third-order valence-corrected chi connectivity index (χ3v) is 8.25. The summed E-state index contributed by atoms with van der Waals surface area (Å²) in [6, 6.07) is 0. The Balaban J connectivity index is 1.80. The fourth-order valence-electron chi connectivity index (χ4n) is 6.56. The van der Waals surface area contributed by atoms with Gasteiger partial charge in [0.15, 0.2) is 5.78 Å². The SMILES string of the molecule is CC(C)=C[C@@H]1O[C@](C)(C/C=C2\OC(=O)C=C2C)[C@H]2C(=O)[C@]3(O)[C@H](C)CC[C@@H]3[C@@H](C)[C@@]12O. The van der Waals surface area contributed by atoms with E-state index in [2.05, 4.69) is 0 Å². The van der Waals surface area contributed by atoms with Crippen molar-refractivity contribution in [2.75, 3.05) is 0 Å². The molecule has 0 unspecified atom stereocenters. The van der Waals surface area contributed by atoms with Crippen LogP contribution in [-0.2, 0) is 19.1 Å². The quantitative estimate of drug-likeness (QED) is 0.528. The van der Waals surface area contributed by atoms with Gasteiger partial charge < -0.3 is 19.7 Å². The minimum absolute atomic E-state index is 0.164. The number of allylic oxidation sites excluding steroid dienone is 2. The summed E-state index contributed by atoms with van der Waals surface area (Å²) < 4.78 is 11.7. The lowest BCUT2D eigenvalue weighted by atomic mass is 9.53.